The molecule has 4 fully saturated rings. The molecule has 1 aromatic rings. The first kappa shape index (κ1) is 26.5. The van der Waals surface area contributed by atoms with E-state index in [9.17, 15) is 18.8 Å². The summed E-state index contributed by atoms with van der Waals surface area (Å²) in [6.07, 6.45) is 16.2. The number of anilines is 1. The average Bonchev–Trinajstić information content (AvgIpc) is 3.47. The van der Waals surface area contributed by atoms with Crippen LogP contribution in [0.1, 0.15) is 84.0 Å². The maximum absolute atomic E-state index is 14.4. The van der Waals surface area contributed by atoms with Gasteiger partial charge in [-0.15, -0.1) is 0 Å². The molecule has 7 nitrogen and oxygen atoms in total. The van der Waals surface area contributed by atoms with Gasteiger partial charge in [0.15, 0.2) is 0 Å². The number of hydrogen-bond acceptors (Lipinski definition) is 4. The molecule has 39 heavy (non-hydrogen) atoms. The van der Waals surface area contributed by atoms with E-state index in [0.29, 0.717) is 5.69 Å². The van der Waals surface area contributed by atoms with Crippen LogP contribution in [0.3, 0.4) is 0 Å². The Hall–Kier alpha value is -2.74. The lowest BCUT2D eigenvalue weighted by atomic mass is 9.70. The summed E-state index contributed by atoms with van der Waals surface area (Å²) in [6, 6.07) is 4.84. The number of carbonyl (C=O) groups is 3. The van der Waals surface area contributed by atoms with Crippen molar-refractivity contribution in [1.29, 1.82) is 0 Å². The van der Waals surface area contributed by atoms with Crippen LogP contribution in [0, 0.1) is 17.7 Å². The summed E-state index contributed by atoms with van der Waals surface area (Å²) in [4.78, 5) is 44.2. The van der Waals surface area contributed by atoms with Gasteiger partial charge in [0.1, 0.15) is 17.5 Å². The fourth-order valence-corrected chi connectivity index (χ4v) is 7.95. The number of benzene rings is 1. The molecule has 2 aliphatic carbocycles. The van der Waals surface area contributed by atoms with E-state index < -0.39 is 34.9 Å². The largest absolute Gasteiger partial charge is 0.356 e. The molecule has 3 amide bonds. The van der Waals surface area contributed by atoms with Crippen molar-refractivity contribution in [3.8, 4) is 0 Å². The molecule has 2 saturated carbocycles. The number of likely N-dealkylation sites (tertiary alicyclic amines) is 1. The van der Waals surface area contributed by atoms with Crippen molar-refractivity contribution in [3.63, 3.8) is 0 Å². The molecular weight excluding hydrogens is 497 g/mol. The van der Waals surface area contributed by atoms with E-state index >= 15 is 0 Å². The first-order chi connectivity index (χ1) is 18.8. The van der Waals surface area contributed by atoms with E-state index in [-0.39, 0.29) is 29.8 Å². The Labute approximate surface area is 229 Å². The molecule has 0 radical (unpaired) electrons. The van der Waals surface area contributed by atoms with Crippen molar-refractivity contribution in [3.05, 3.63) is 42.2 Å². The van der Waals surface area contributed by atoms with Gasteiger partial charge >= 0.3 is 0 Å². The topological polar surface area (TPSA) is 87.7 Å². The van der Waals surface area contributed by atoms with Crippen LogP contribution in [0.2, 0.25) is 0 Å². The Bertz CT molecular complexity index is 1140. The number of nitrogens with one attached hydrogen (secondary N) is 2. The summed E-state index contributed by atoms with van der Waals surface area (Å²) in [7, 11) is 0. The molecule has 5 aliphatic rings. The zero-order valence-corrected chi connectivity index (χ0v) is 22.8. The van der Waals surface area contributed by atoms with Crippen LogP contribution in [-0.4, -0.2) is 51.9 Å². The molecule has 0 unspecified atom stereocenters. The third kappa shape index (κ3) is 4.58. The number of carbonyl (C=O) groups excluding carboxylic acids is 3. The fourth-order valence-electron chi connectivity index (χ4n) is 7.95. The fraction of sp³-hybridized carbons (Fsp3) is 0.645. The van der Waals surface area contributed by atoms with Crippen molar-refractivity contribution < 1.29 is 23.5 Å². The van der Waals surface area contributed by atoms with Gasteiger partial charge in [-0.3, -0.25) is 14.4 Å². The van der Waals surface area contributed by atoms with Gasteiger partial charge in [0.05, 0.1) is 17.4 Å². The van der Waals surface area contributed by atoms with Crippen molar-refractivity contribution in [2.24, 2.45) is 11.8 Å². The number of amides is 3. The standard InChI is InChI=1S/C31H40FN3O4/c1-30-18-19-31(39-30)25(24(30)27(36)33-22-16-14-20(32)15-17-22)29(38)35(23-12-8-3-2-4-9-13-23)26(31)28(37)34-21-10-6-5-7-11-21/h14-19,21,23-26H,2-13H2,1H3,(H,33,36)(H,34,37)/t24-,25+,26+,30+,31+/m1/s1. The molecule has 1 aromatic carbocycles. The second kappa shape index (κ2) is 10.3. The van der Waals surface area contributed by atoms with E-state index in [1.165, 1.54) is 37.1 Å². The van der Waals surface area contributed by atoms with Crippen LogP contribution in [0.15, 0.2) is 36.4 Å². The highest BCUT2D eigenvalue weighted by molar-refractivity contribution is 6.03. The van der Waals surface area contributed by atoms with Crippen LogP contribution in [0.4, 0.5) is 10.1 Å². The molecule has 8 heteroatoms. The number of nitrogens with zero attached hydrogens (tertiary/aromatic N) is 1. The minimum Gasteiger partial charge on any atom is -0.356 e. The van der Waals surface area contributed by atoms with Crippen molar-refractivity contribution in [2.75, 3.05) is 5.32 Å². The molecular formula is C31H40FN3O4. The van der Waals surface area contributed by atoms with E-state index in [1.807, 2.05) is 24.0 Å². The predicted octanol–water partition coefficient (Wildman–Crippen LogP) is 4.87. The Morgan fingerprint density at radius 2 is 1.51 bits per heavy atom. The van der Waals surface area contributed by atoms with Gasteiger partial charge in [0.25, 0.3) is 0 Å². The van der Waals surface area contributed by atoms with Gasteiger partial charge in [-0.25, -0.2) is 4.39 Å². The summed E-state index contributed by atoms with van der Waals surface area (Å²) < 4.78 is 20.1. The van der Waals surface area contributed by atoms with Gasteiger partial charge in [-0.05, 0) is 56.9 Å². The van der Waals surface area contributed by atoms with E-state index in [2.05, 4.69) is 10.6 Å². The minimum absolute atomic E-state index is 0.0513. The van der Waals surface area contributed by atoms with Crippen molar-refractivity contribution in [1.82, 2.24) is 10.2 Å². The highest BCUT2D eigenvalue weighted by atomic mass is 19.1. The maximum Gasteiger partial charge on any atom is 0.246 e. The molecule has 6 rings (SSSR count). The van der Waals surface area contributed by atoms with Crippen LogP contribution in [0.25, 0.3) is 0 Å². The Morgan fingerprint density at radius 1 is 0.897 bits per heavy atom. The second-order valence-electron chi connectivity index (χ2n) is 12.4. The maximum atomic E-state index is 14.4. The van der Waals surface area contributed by atoms with Gasteiger partial charge in [-0.1, -0.05) is 63.5 Å². The molecule has 1 spiro atoms. The Morgan fingerprint density at radius 3 is 2.21 bits per heavy atom. The van der Waals surface area contributed by atoms with Crippen molar-refractivity contribution in [2.45, 2.75) is 113 Å². The van der Waals surface area contributed by atoms with E-state index in [0.717, 1.165) is 64.2 Å². The van der Waals surface area contributed by atoms with Gasteiger partial charge in [-0.2, -0.15) is 0 Å². The quantitative estimate of drug-likeness (QED) is 0.525. The van der Waals surface area contributed by atoms with Gasteiger partial charge < -0.3 is 20.3 Å². The minimum atomic E-state index is -1.18. The molecule has 210 valence electrons. The van der Waals surface area contributed by atoms with Gasteiger partial charge in [0.2, 0.25) is 17.7 Å². The summed E-state index contributed by atoms with van der Waals surface area (Å²) in [5.74, 6) is -2.65. The molecule has 3 heterocycles. The smallest absolute Gasteiger partial charge is 0.246 e. The average molecular weight is 538 g/mol. The number of ether oxygens (including phenoxy) is 1. The number of rotatable bonds is 5. The highest BCUT2D eigenvalue weighted by Gasteiger charge is 2.76. The van der Waals surface area contributed by atoms with Crippen LogP contribution >= 0.6 is 0 Å². The number of fused-ring (bicyclic) bond motifs is 1. The molecule has 0 aromatic heterocycles. The molecule has 2 bridgehead atoms. The summed E-state index contributed by atoms with van der Waals surface area (Å²) in [5.41, 5.74) is -1.74. The molecule has 2 N–H and O–H groups in total. The van der Waals surface area contributed by atoms with Crippen LogP contribution < -0.4 is 10.6 Å². The normalized spacial score (nSPS) is 35.0. The second-order valence-corrected chi connectivity index (χ2v) is 12.4. The Kier molecular flexibility index (Phi) is 7.02. The van der Waals surface area contributed by atoms with E-state index in [1.54, 1.807) is 0 Å². The summed E-state index contributed by atoms with van der Waals surface area (Å²) in [6.45, 7) is 1.83. The highest BCUT2D eigenvalue weighted by Crippen LogP contribution is 2.60. The molecule has 2 saturated heterocycles. The summed E-state index contributed by atoms with van der Waals surface area (Å²) in [5, 5.41) is 6.17. The zero-order valence-electron chi connectivity index (χ0n) is 22.8. The summed E-state index contributed by atoms with van der Waals surface area (Å²) >= 11 is 0. The zero-order chi connectivity index (χ0) is 27.2. The monoisotopic (exact) mass is 537 g/mol. The van der Waals surface area contributed by atoms with Crippen LogP contribution in [-0.2, 0) is 19.1 Å². The molecule has 3 aliphatic heterocycles. The molecule has 5 atom stereocenters. The van der Waals surface area contributed by atoms with Crippen LogP contribution in [0.5, 0.6) is 0 Å². The van der Waals surface area contributed by atoms with E-state index in [4.69, 9.17) is 4.74 Å². The lowest BCUT2D eigenvalue weighted by molar-refractivity contribution is -0.147. The van der Waals surface area contributed by atoms with Gasteiger partial charge in [0, 0.05) is 17.8 Å². The van der Waals surface area contributed by atoms with Crippen molar-refractivity contribution >= 4 is 23.4 Å². The lowest BCUT2D eigenvalue weighted by Crippen LogP contribution is -2.58. The third-order valence-corrected chi connectivity index (χ3v) is 9.80. The first-order valence-corrected chi connectivity index (χ1v) is 14.9. The third-order valence-electron chi connectivity index (χ3n) is 9.80. The number of halogens is 1. The Balaban J connectivity index is 1.34. The number of hydrogen-bond donors (Lipinski definition) is 2. The predicted molar refractivity (Wildman–Crippen MR) is 145 cm³/mol. The first-order valence-electron chi connectivity index (χ1n) is 14.9. The SMILES string of the molecule is C[C@@]12C=C[C@]3(O1)[C@H](C(=O)N(C1CCCCCCC1)[C@H]3C(=O)NC1CCCCC1)[C@@H]2C(=O)Nc1ccc(F)cc1. The lowest BCUT2D eigenvalue weighted by Gasteiger charge is -2.39.